The van der Waals surface area contributed by atoms with E-state index in [1.807, 2.05) is 0 Å². The smallest absolute Gasteiger partial charge is 0.305 e. The van der Waals surface area contributed by atoms with Gasteiger partial charge in [-0.05, 0) is 6.07 Å². The van der Waals surface area contributed by atoms with Gasteiger partial charge in [-0.15, -0.1) is 6.58 Å². The molecule has 0 fully saturated rings. The lowest BCUT2D eigenvalue weighted by Gasteiger charge is -2.20. The van der Waals surface area contributed by atoms with Crippen molar-refractivity contribution in [3.8, 4) is 0 Å². The molecule has 0 heterocycles. The zero-order chi connectivity index (χ0) is 15.3. The second kappa shape index (κ2) is 6.71. The first-order valence-corrected chi connectivity index (χ1v) is 5.57. The van der Waals surface area contributed by atoms with E-state index < -0.39 is 40.3 Å². The number of hydrogen-bond donors (Lipinski definition) is 1. The number of nitrogens with zero attached hydrogens (tertiary/aromatic N) is 2. The Bertz CT molecular complexity index is 549. The number of rotatable bonds is 6. The van der Waals surface area contributed by atoms with E-state index in [-0.39, 0.29) is 13.1 Å². The highest BCUT2D eigenvalue weighted by Crippen LogP contribution is 2.24. The van der Waals surface area contributed by atoms with Crippen LogP contribution in [0.4, 0.5) is 14.5 Å². The third kappa shape index (κ3) is 3.15. The van der Waals surface area contributed by atoms with Crippen LogP contribution in [0.25, 0.3) is 0 Å². The van der Waals surface area contributed by atoms with Gasteiger partial charge in [0.2, 0.25) is 5.82 Å². The Morgan fingerprint density at radius 3 is 2.65 bits per heavy atom. The van der Waals surface area contributed by atoms with Crippen LogP contribution in [0.5, 0.6) is 0 Å². The second-order valence-corrected chi connectivity index (χ2v) is 3.78. The molecule has 0 aromatic heterocycles. The van der Waals surface area contributed by atoms with Crippen LogP contribution in [-0.4, -0.2) is 40.5 Å². The van der Waals surface area contributed by atoms with Crippen molar-refractivity contribution in [3.63, 3.8) is 0 Å². The number of amides is 1. The number of aliphatic hydroxyl groups is 1. The Labute approximate surface area is 113 Å². The Hall–Kier alpha value is -2.35. The van der Waals surface area contributed by atoms with Gasteiger partial charge in [0.25, 0.3) is 5.91 Å². The summed E-state index contributed by atoms with van der Waals surface area (Å²) in [6, 6.07) is 1.30. The van der Waals surface area contributed by atoms with Crippen LogP contribution in [-0.2, 0) is 0 Å². The van der Waals surface area contributed by atoms with E-state index in [2.05, 4.69) is 6.58 Å². The lowest BCUT2D eigenvalue weighted by molar-refractivity contribution is -0.387. The van der Waals surface area contributed by atoms with Crippen molar-refractivity contribution in [2.75, 3.05) is 19.7 Å². The van der Waals surface area contributed by atoms with Gasteiger partial charge in [0.05, 0.1) is 11.5 Å². The lowest BCUT2D eigenvalue weighted by Crippen LogP contribution is -2.35. The highest BCUT2D eigenvalue weighted by molar-refractivity contribution is 5.95. The molecule has 0 radical (unpaired) electrons. The van der Waals surface area contributed by atoms with Crippen LogP contribution >= 0.6 is 0 Å². The van der Waals surface area contributed by atoms with Gasteiger partial charge in [-0.2, -0.15) is 4.39 Å². The molecule has 0 bridgehead atoms. The number of nitro groups is 1. The van der Waals surface area contributed by atoms with Gasteiger partial charge in [0, 0.05) is 19.2 Å². The highest BCUT2D eigenvalue weighted by atomic mass is 19.1. The van der Waals surface area contributed by atoms with Gasteiger partial charge >= 0.3 is 5.69 Å². The van der Waals surface area contributed by atoms with Gasteiger partial charge in [-0.25, -0.2) is 4.39 Å². The first-order valence-electron chi connectivity index (χ1n) is 5.57. The van der Waals surface area contributed by atoms with Crippen molar-refractivity contribution >= 4 is 11.6 Å². The molecule has 0 aliphatic carbocycles. The SMILES string of the molecule is C=CCN(CCO)C(=O)c1c(F)ccc([N+](=O)[O-])c1F. The second-order valence-electron chi connectivity index (χ2n) is 3.78. The highest BCUT2D eigenvalue weighted by Gasteiger charge is 2.28. The molecular formula is C12H12F2N2O4. The van der Waals surface area contributed by atoms with Crippen molar-refractivity contribution in [1.82, 2.24) is 4.90 Å². The van der Waals surface area contributed by atoms with Gasteiger partial charge in [-0.3, -0.25) is 14.9 Å². The van der Waals surface area contributed by atoms with Crippen LogP contribution in [0.2, 0.25) is 0 Å². The standard InChI is InChI=1S/C12H12F2N2O4/c1-2-5-15(6-7-17)12(18)10-8(13)3-4-9(11(10)14)16(19)20/h2-4,17H,1,5-7H2. The summed E-state index contributed by atoms with van der Waals surface area (Å²) >= 11 is 0. The number of carbonyl (C=O) groups is 1. The predicted octanol–water partition coefficient (Wildman–Crippen LogP) is 1.49. The molecule has 0 saturated carbocycles. The average molecular weight is 286 g/mol. The molecule has 1 amide bonds. The van der Waals surface area contributed by atoms with Crippen molar-refractivity contribution in [3.05, 3.63) is 52.1 Å². The first-order chi connectivity index (χ1) is 9.43. The summed E-state index contributed by atoms with van der Waals surface area (Å²) in [5.41, 5.74) is -2.01. The molecule has 0 unspecified atom stereocenters. The molecule has 0 aliphatic rings. The fourth-order valence-electron chi connectivity index (χ4n) is 1.59. The largest absolute Gasteiger partial charge is 0.395 e. The number of benzene rings is 1. The van der Waals surface area contributed by atoms with E-state index in [0.717, 1.165) is 4.90 Å². The molecule has 0 saturated heterocycles. The molecule has 0 atom stereocenters. The predicted molar refractivity (Wildman–Crippen MR) is 66.2 cm³/mol. The molecule has 0 spiro atoms. The molecule has 0 aliphatic heterocycles. The topological polar surface area (TPSA) is 83.7 Å². The van der Waals surface area contributed by atoms with Crippen LogP contribution < -0.4 is 0 Å². The van der Waals surface area contributed by atoms with Crippen LogP contribution in [0.15, 0.2) is 24.8 Å². The van der Waals surface area contributed by atoms with Gasteiger partial charge < -0.3 is 10.0 Å². The fraction of sp³-hybridized carbons (Fsp3) is 0.250. The minimum atomic E-state index is -1.54. The first kappa shape index (κ1) is 15.7. The van der Waals surface area contributed by atoms with E-state index in [4.69, 9.17) is 5.11 Å². The number of halogens is 2. The molecule has 6 nitrogen and oxygen atoms in total. The molecule has 1 N–H and O–H groups in total. The lowest BCUT2D eigenvalue weighted by atomic mass is 10.1. The number of hydrogen-bond acceptors (Lipinski definition) is 4. The molecule has 1 aromatic carbocycles. The van der Waals surface area contributed by atoms with E-state index in [0.29, 0.717) is 12.1 Å². The zero-order valence-electron chi connectivity index (χ0n) is 10.4. The molecule has 8 heteroatoms. The fourth-order valence-corrected chi connectivity index (χ4v) is 1.59. The van der Waals surface area contributed by atoms with Crippen molar-refractivity contribution < 1.29 is 23.6 Å². The normalized spacial score (nSPS) is 10.2. The molecule has 1 rings (SSSR count). The van der Waals surface area contributed by atoms with Crippen LogP contribution in [0.3, 0.4) is 0 Å². The maximum absolute atomic E-state index is 13.9. The maximum Gasteiger partial charge on any atom is 0.305 e. The average Bonchev–Trinajstić information content (AvgIpc) is 2.37. The quantitative estimate of drug-likeness (QED) is 0.488. The van der Waals surface area contributed by atoms with Crippen molar-refractivity contribution in [2.45, 2.75) is 0 Å². The Kier molecular flexibility index (Phi) is 5.27. The van der Waals surface area contributed by atoms with E-state index in [1.54, 1.807) is 0 Å². The van der Waals surface area contributed by atoms with E-state index in [1.165, 1.54) is 6.08 Å². The summed E-state index contributed by atoms with van der Waals surface area (Å²) in [5, 5.41) is 19.4. The van der Waals surface area contributed by atoms with Crippen LogP contribution in [0.1, 0.15) is 10.4 Å². The summed E-state index contributed by atoms with van der Waals surface area (Å²) in [5.74, 6) is -3.82. The Morgan fingerprint density at radius 1 is 1.50 bits per heavy atom. The van der Waals surface area contributed by atoms with Crippen molar-refractivity contribution in [2.24, 2.45) is 0 Å². The van der Waals surface area contributed by atoms with E-state index in [9.17, 15) is 23.7 Å². The summed E-state index contributed by atoms with van der Waals surface area (Å²) in [4.78, 5) is 22.5. The zero-order valence-corrected chi connectivity index (χ0v) is 10.4. The summed E-state index contributed by atoms with van der Waals surface area (Å²) < 4.78 is 27.4. The number of carbonyl (C=O) groups excluding carboxylic acids is 1. The summed E-state index contributed by atoms with van der Waals surface area (Å²) in [6.07, 6.45) is 1.31. The Balaban J connectivity index is 3.29. The van der Waals surface area contributed by atoms with Crippen molar-refractivity contribution in [1.29, 1.82) is 0 Å². The summed E-state index contributed by atoms with van der Waals surface area (Å²) in [6.45, 7) is 2.73. The Morgan fingerprint density at radius 2 is 2.15 bits per heavy atom. The summed E-state index contributed by atoms with van der Waals surface area (Å²) in [7, 11) is 0. The monoisotopic (exact) mass is 286 g/mol. The third-order valence-corrected chi connectivity index (χ3v) is 2.49. The molecule has 1 aromatic rings. The number of aliphatic hydroxyl groups excluding tert-OH is 1. The number of nitro benzene ring substituents is 1. The van der Waals surface area contributed by atoms with Gasteiger partial charge in [-0.1, -0.05) is 6.08 Å². The molecular weight excluding hydrogens is 274 g/mol. The molecule has 20 heavy (non-hydrogen) atoms. The maximum atomic E-state index is 13.9. The minimum Gasteiger partial charge on any atom is -0.395 e. The molecule has 108 valence electrons. The van der Waals surface area contributed by atoms with E-state index >= 15 is 0 Å². The van der Waals surface area contributed by atoms with Crippen LogP contribution in [0, 0.1) is 21.7 Å². The third-order valence-electron chi connectivity index (χ3n) is 2.49. The van der Waals surface area contributed by atoms with Gasteiger partial charge in [0.1, 0.15) is 11.4 Å². The minimum absolute atomic E-state index is 0.0546. The van der Waals surface area contributed by atoms with Gasteiger partial charge in [0.15, 0.2) is 0 Å².